The Hall–Kier alpha value is -2.03. The molecule has 2 aliphatic rings. The van der Waals surface area contributed by atoms with E-state index < -0.39 is 6.09 Å². The summed E-state index contributed by atoms with van der Waals surface area (Å²) in [7, 11) is 1.33. The number of hydrogen-bond acceptors (Lipinski definition) is 5. The molecule has 0 spiro atoms. The summed E-state index contributed by atoms with van der Waals surface area (Å²) < 4.78 is 10.9. The second-order valence-electron chi connectivity index (χ2n) is 10.1. The van der Waals surface area contributed by atoms with Crippen molar-refractivity contribution in [2.75, 3.05) is 46.4 Å². The fraction of sp³-hybridized carbons (Fsp3) is 0.692. The summed E-state index contributed by atoms with van der Waals surface area (Å²) in [5, 5.41) is 10.1. The van der Waals surface area contributed by atoms with Gasteiger partial charge in [-0.3, -0.25) is 0 Å². The van der Waals surface area contributed by atoms with Gasteiger partial charge in [0, 0.05) is 43.2 Å². The Bertz CT molecular complexity index is 824. The third-order valence-electron chi connectivity index (χ3n) is 6.91. The third-order valence-corrected chi connectivity index (χ3v) is 7.15. The maximum atomic E-state index is 13.3. The average Bonchev–Trinajstić information content (AvgIpc) is 2.84. The van der Waals surface area contributed by atoms with E-state index in [0.29, 0.717) is 36.6 Å². The quantitative estimate of drug-likeness (QED) is 0.435. The molecule has 3 rings (SSSR count). The highest BCUT2D eigenvalue weighted by Crippen LogP contribution is 2.34. The highest BCUT2D eigenvalue weighted by molar-refractivity contribution is 6.30. The third kappa shape index (κ3) is 8.54. The van der Waals surface area contributed by atoms with E-state index >= 15 is 0 Å². The minimum absolute atomic E-state index is 0.00866. The Labute approximate surface area is 214 Å². The van der Waals surface area contributed by atoms with Crippen molar-refractivity contribution in [2.24, 2.45) is 17.8 Å². The smallest absolute Gasteiger partial charge is 0.406 e. The number of carbonyl (C=O) groups excluding carboxylic acids is 2. The van der Waals surface area contributed by atoms with Crippen LogP contribution in [0.3, 0.4) is 0 Å². The number of halogens is 1. The highest BCUT2D eigenvalue weighted by Gasteiger charge is 2.33. The van der Waals surface area contributed by atoms with Crippen LogP contribution in [0.1, 0.15) is 51.2 Å². The van der Waals surface area contributed by atoms with Gasteiger partial charge in [-0.1, -0.05) is 37.6 Å². The number of urea groups is 1. The summed E-state index contributed by atoms with van der Waals surface area (Å²) in [6.45, 7) is 8.35. The number of rotatable bonds is 9. The van der Waals surface area contributed by atoms with Crippen molar-refractivity contribution in [1.82, 2.24) is 20.9 Å². The predicted molar refractivity (Wildman–Crippen MR) is 138 cm³/mol. The summed E-state index contributed by atoms with van der Waals surface area (Å²) >= 11 is 6.28. The van der Waals surface area contributed by atoms with Crippen molar-refractivity contribution >= 4 is 23.7 Å². The zero-order valence-electron chi connectivity index (χ0n) is 21.2. The first-order valence-corrected chi connectivity index (χ1v) is 13.2. The molecule has 196 valence electrons. The second kappa shape index (κ2) is 13.9. The summed E-state index contributed by atoms with van der Waals surface area (Å²) in [5.74, 6) is 1.24. The average molecular weight is 509 g/mol. The van der Waals surface area contributed by atoms with Gasteiger partial charge < -0.3 is 30.3 Å². The number of carbonyl (C=O) groups is 2. The number of likely N-dealkylation sites (tertiary alicyclic amines) is 1. The van der Waals surface area contributed by atoms with Crippen molar-refractivity contribution in [3.05, 3.63) is 34.9 Å². The summed E-state index contributed by atoms with van der Waals surface area (Å²) in [4.78, 5) is 26.6. The number of piperidine rings is 2. The summed E-state index contributed by atoms with van der Waals surface area (Å²) in [6, 6.07) is 7.85. The Morgan fingerprint density at radius 2 is 2.11 bits per heavy atom. The zero-order valence-corrected chi connectivity index (χ0v) is 22.0. The van der Waals surface area contributed by atoms with Gasteiger partial charge >= 0.3 is 12.1 Å². The van der Waals surface area contributed by atoms with Gasteiger partial charge in [-0.15, -0.1) is 0 Å². The lowest BCUT2D eigenvalue weighted by Crippen LogP contribution is -2.56. The molecule has 4 atom stereocenters. The van der Waals surface area contributed by atoms with Crippen molar-refractivity contribution < 1.29 is 19.1 Å². The van der Waals surface area contributed by atoms with Gasteiger partial charge in [-0.25, -0.2) is 9.59 Å². The van der Waals surface area contributed by atoms with Gasteiger partial charge in [0.1, 0.15) is 0 Å². The molecule has 0 bridgehead atoms. The van der Waals surface area contributed by atoms with Gasteiger partial charge in [-0.05, 0) is 61.8 Å². The summed E-state index contributed by atoms with van der Waals surface area (Å²) in [5.41, 5.74) is 0.983. The minimum atomic E-state index is -0.485. The van der Waals surface area contributed by atoms with Crippen LogP contribution in [0.25, 0.3) is 0 Å². The highest BCUT2D eigenvalue weighted by atomic mass is 35.5. The molecular weight excluding hydrogens is 468 g/mol. The fourth-order valence-electron chi connectivity index (χ4n) is 5.26. The van der Waals surface area contributed by atoms with E-state index in [-0.39, 0.29) is 24.1 Å². The van der Waals surface area contributed by atoms with E-state index in [1.807, 2.05) is 29.2 Å². The molecule has 2 fully saturated rings. The second-order valence-corrected chi connectivity index (χ2v) is 10.5. The maximum Gasteiger partial charge on any atom is 0.406 e. The number of nitrogens with zero attached hydrogens (tertiary/aromatic N) is 1. The van der Waals surface area contributed by atoms with Crippen molar-refractivity contribution in [1.29, 1.82) is 0 Å². The molecule has 1 aromatic carbocycles. The summed E-state index contributed by atoms with van der Waals surface area (Å²) in [6.07, 6.45) is 3.37. The molecule has 2 saturated heterocycles. The van der Waals surface area contributed by atoms with Gasteiger partial charge in [0.15, 0.2) is 0 Å². The van der Waals surface area contributed by atoms with Crippen LogP contribution in [-0.2, 0) is 9.47 Å². The largest absolute Gasteiger partial charge is 0.453 e. The molecule has 1 aromatic rings. The lowest BCUT2D eigenvalue weighted by molar-refractivity contribution is -0.00878. The monoisotopic (exact) mass is 508 g/mol. The van der Waals surface area contributed by atoms with E-state index in [2.05, 4.69) is 34.5 Å². The number of hydrogen-bond donors (Lipinski definition) is 3. The number of alkyl carbamates (subject to hydrolysis) is 1. The lowest BCUT2D eigenvalue weighted by atomic mass is 9.85. The predicted octanol–water partition coefficient (Wildman–Crippen LogP) is 4.20. The lowest BCUT2D eigenvalue weighted by Gasteiger charge is -2.39. The van der Waals surface area contributed by atoms with Crippen LogP contribution in [0, 0.1) is 17.8 Å². The molecule has 3 N–H and O–H groups in total. The van der Waals surface area contributed by atoms with Crippen molar-refractivity contribution in [3.63, 3.8) is 0 Å². The van der Waals surface area contributed by atoms with Gasteiger partial charge in [0.05, 0.1) is 19.8 Å². The van der Waals surface area contributed by atoms with E-state index in [0.717, 1.165) is 50.9 Å². The molecule has 8 nitrogen and oxygen atoms in total. The Balaban J connectivity index is 1.64. The Morgan fingerprint density at radius 1 is 1.29 bits per heavy atom. The van der Waals surface area contributed by atoms with Gasteiger partial charge in [0.2, 0.25) is 0 Å². The van der Waals surface area contributed by atoms with E-state index in [1.54, 1.807) is 0 Å². The SMILES string of the molecule is COC(=O)NCCOC(c1cccc(Cl)c1)[C@@H]1CCCN(C(=O)N[C@@H]2CNCC[C@H]2CC(C)C)C1. The Morgan fingerprint density at radius 3 is 2.86 bits per heavy atom. The molecular formula is C26H41ClN4O4. The number of benzene rings is 1. The van der Waals surface area contributed by atoms with E-state index in [1.165, 1.54) is 7.11 Å². The molecule has 35 heavy (non-hydrogen) atoms. The van der Waals surface area contributed by atoms with Crippen LogP contribution in [-0.4, -0.2) is 69.5 Å². The first-order chi connectivity index (χ1) is 16.9. The first kappa shape index (κ1) is 27.6. The molecule has 9 heteroatoms. The van der Waals surface area contributed by atoms with E-state index in [9.17, 15) is 9.59 Å². The number of amides is 3. The normalized spacial score (nSPS) is 23.6. The molecule has 0 aliphatic carbocycles. The molecule has 3 amide bonds. The number of ether oxygens (including phenoxy) is 2. The van der Waals surface area contributed by atoms with Crippen LogP contribution in [0.5, 0.6) is 0 Å². The first-order valence-electron chi connectivity index (χ1n) is 12.8. The standard InChI is InChI=1S/C26H41ClN4O4/c1-18(2)14-19-9-10-28-16-23(19)30-25(32)31-12-5-7-21(17-31)24(20-6-4-8-22(27)15-20)35-13-11-29-26(33)34-3/h4,6,8,15,18-19,21,23-24,28H,5,7,9-14,16-17H2,1-3H3,(H,29,33)(H,30,32)/t19-,21+,23+,24?/m0/s1. The van der Waals surface area contributed by atoms with E-state index in [4.69, 9.17) is 16.3 Å². The van der Waals surface area contributed by atoms with Crippen LogP contribution in [0.15, 0.2) is 24.3 Å². The Kier molecular flexibility index (Phi) is 10.9. The van der Waals surface area contributed by atoms with Crippen LogP contribution in [0.4, 0.5) is 9.59 Å². The fourth-order valence-corrected chi connectivity index (χ4v) is 5.46. The number of methoxy groups -OCH3 is 1. The molecule has 2 heterocycles. The van der Waals surface area contributed by atoms with Gasteiger partial charge in [0.25, 0.3) is 0 Å². The van der Waals surface area contributed by atoms with Crippen LogP contribution >= 0.6 is 11.6 Å². The topological polar surface area (TPSA) is 91.9 Å². The number of nitrogens with one attached hydrogen (secondary N) is 3. The maximum absolute atomic E-state index is 13.3. The molecule has 2 aliphatic heterocycles. The van der Waals surface area contributed by atoms with Gasteiger partial charge in [-0.2, -0.15) is 0 Å². The minimum Gasteiger partial charge on any atom is -0.453 e. The van der Waals surface area contributed by atoms with Crippen molar-refractivity contribution in [3.8, 4) is 0 Å². The molecule has 0 saturated carbocycles. The van der Waals surface area contributed by atoms with Crippen LogP contribution in [0.2, 0.25) is 5.02 Å². The van der Waals surface area contributed by atoms with Crippen molar-refractivity contribution in [2.45, 2.75) is 51.7 Å². The molecule has 0 aromatic heterocycles. The zero-order chi connectivity index (χ0) is 25.2. The molecule has 1 unspecified atom stereocenters. The molecule has 0 radical (unpaired) electrons. The van der Waals surface area contributed by atoms with Crippen LogP contribution < -0.4 is 16.0 Å².